The molecule has 0 spiro atoms. The summed E-state index contributed by atoms with van der Waals surface area (Å²) in [6.45, 7) is 0. The van der Waals surface area contributed by atoms with Gasteiger partial charge >= 0.3 is 5.97 Å². The van der Waals surface area contributed by atoms with E-state index in [1.165, 1.54) is 42.5 Å². The molecule has 124 valence electrons. The molecular formula is C18H11ClN2O4. The minimum atomic E-state index is -0.641. The van der Waals surface area contributed by atoms with Crippen LogP contribution in [0, 0.1) is 11.3 Å². The minimum Gasteiger partial charge on any atom is -0.421 e. The number of carbonyl (C=O) groups is 3. The average molecular weight is 355 g/mol. The molecule has 0 atom stereocenters. The fourth-order valence-electron chi connectivity index (χ4n) is 2.42. The quantitative estimate of drug-likeness (QED) is 0.480. The van der Waals surface area contributed by atoms with E-state index in [0.717, 1.165) is 4.90 Å². The zero-order valence-electron chi connectivity index (χ0n) is 12.9. The van der Waals surface area contributed by atoms with Gasteiger partial charge in [0, 0.05) is 12.8 Å². The average Bonchev–Trinajstić information content (AvgIpc) is 2.95. The van der Waals surface area contributed by atoms with Gasteiger partial charge in [0.2, 0.25) is 11.8 Å². The van der Waals surface area contributed by atoms with Gasteiger partial charge in [-0.3, -0.25) is 14.5 Å². The van der Waals surface area contributed by atoms with Crippen LogP contribution in [0.3, 0.4) is 0 Å². The second-order valence-corrected chi connectivity index (χ2v) is 5.72. The van der Waals surface area contributed by atoms with Crippen molar-refractivity contribution in [1.82, 2.24) is 0 Å². The maximum absolute atomic E-state index is 12.2. The van der Waals surface area contributed by atoms with Crippen LogP contribution < -0.4 is 9.64 Å². The van der Waals surface area contributed by atoms with Gasteiger partial charge in [-0.2, -0.15) is 5.26 Å². The van der Waals surface area contributed by atoms with Crippen molar-refractivity contribution in [3.63, 3.8) is 0 Å². The highest BCUT2D eigenvalue weighted by atomic mass is 35.5. The Morgan fingerprint density at radius 1 is 1.08 bits per heavy atom. The Labute approximate surface area is 148 Å². The molecule has 25 heavy (non-hydrogen) atoms. The van der Waals surface area contributed by atoms with E-state index in [1.54, 1.807) is 0 Å². The first kappa shape index (κ1) is 16.7. The molecule has 2 aromatic rings. The number of rotatable bonds is 3. The van der Waals surface area contributed by atoms with Crippen LogP contribution in [0.4, 0.5) is 5.69 Å². The van der Waals surface area contributed by atoms with Gasteiger partial charge in [-0.05, 0) is 42.5 Å². The highest BCUT2D eigenvalue weighted by Crippen LogP contribution is 2.27. The van der Waals surface area contributed by atoms with Crippen molar-refractivity contribution in [3.05, 3.63) is 58.6 Å². The summed E-state index contributed by atoms with van der Waals surface area (Å²) in [6.07, 6.45) is 0.389. The molecule has 6 nitrogen and oxygen atoms in total. The van der Waals surface area contributed by atoms with E-state index < -0.39 is 5.97 Å². The number of amides is 2. The lowest BCUT2D eigenvalue weighted by Gasteiger charge is -2.14. The molecule has 1 aliphatic heterocycles. The van der Waals surface area contributed by atoms with E-state index in [0.29, 0.717) is 11.3 Å². The number of nitriles is 1. The summed E-state index contributed by atoms with van der Waals surface area (Å²) in [6, 6.07) is 12.2. The third kappa shape index (κ3) is 3.37. The van der Waals surface area contributed by atoms with Gasteiger partial charge in [0.15, 0.2) is 0 Å². The Morgan fingerprint density at radius 3 is 2.28 bits per heavy atom. The molecule has 0 bridgehead atoms. The molecule has 0 aliphatic carbocycles. The zero-order valence-corrected chi connectivity index (χ0v) is 13.6. The van der Waals surface area contributed by atoms with Gasteiger partial charge in [-0.15, -0.1) is 0 Å². The van der Waals surface area contributed by atoms with Crippen LogP contribution in [-0.4, -0.2) is 17.8 Å². The number of anilines is 1. The van der Waals surface area contributed by atoms with E-state index >= 15 is 0 Å². The fourth-order valence-corrected chi connectivity index (χ4v) is 2.64. The Hall–Kier alpha value is -3.17. The first-order valence-corrected chi connectivity index (χ1v) is 7.75. The van der Waals surface area contributed by atoms with Crippen LogP contribution in [0.5, 0.6) is 5.75 Å². The van der Waals surface area contributed by atoms with Gasteiger partial charge in [0.1, 0.15) is 5.75 Å². The lowest BCUT2D eigenvalue weighted by Crippen LogP contribution is -2.28. The SMILES string of the molecule is N#Cc1ccc(OC(=O)c2ccc(N3C(=O)CCC3=O)cc2)c(Cl)c1. The molecule has 1 heterocycles. The topological polar surface area (TPSA) is 87.5 Å². The summed E-state index contributed by atoms with van der Waals surface area (Å²) in [4.78, 5) is 36.7. The highest BCUT2D eigenvalue weighted by Gasteiger charge is 2.30. The van der Waals surface area contributed by atoms with Gasteiger partial charge < -0.3 is 4.74 Å². The second kappa shape index (κ2) is 6.75. The molecule has 1 aliphatic rings. The van der Waals surface area contributed by atoms with Crippen molar-refractivity contribution in [2.24, 2.45) is 0 Å². The van der Waals surface area contributed by atoms with E-state index in [2.05, 4.69) is 0 Å². The van der Waals surface area contributed by atoms with Gasteiger partial charge in [0.05, 0.1) is 27.9 Å². The molecule has 0 saturated carbocycles. The number of hydrogen-bond donors (Lipinski definition) is 0. The molecule has 0 radical (unpaired) electrons. The Morgan fingerprint density at radius 2 is 1.72 bits per heavy atom. The van der Waals surface area contributed by atoms with Crippen LogP contribution in [0.15, 0.2) is 42.5 Å². The molecular weight excluding hydrogens is 344 g/mol. The van der Waals surface area contributed by atoms with Crippen molar-refractivity contribution < 1.29 is 19.1 Å². The van der Waals surface area contributed by atoms with Crippen molar-refractivity contribution in [3.8, 4) is 11.8 Å². The summed E-state index contributed by atoms with van der Waals surface area (Å²) in [7, 11) is 0. The molecule has 2 aromatic carbocycles. The largest absolute Gasteiger partial charge is 0.421 e. The molecule has 0 N–H and O–H groups in total. The lowest BCUT2D eigenvalue weighted by molar-refractivity contribution is -0.121. The number of carbonyl (C=O) groups excluding carboxylic acids is 3. The molecule has 0 unspecified atom stereocenters. The summed E-state index contributed by atoms with van der Waals surface area (Å²) >= 11 is 5.97. The number of benzene rings is 2. The monoisotopic (exact) mass is 354 g/mol. The Kier molecular flexibility index (Phi) is 4.50. The first-order valence-electron chi connectivity index (χ1n) is 7.37. The number of halogens is 1. The van der Waals surface area contributed by atoms with Crippen LogP contribution >= 0.6 is 11.6 Å². The maximum Gasteiger partial charge on any atom is 0.343 e. The fraction of sp³-hybridized carbons (Fsp3) is 0.111. The third-order valence-corrected chi connectivity index (χ3v) is 3.97. The summed E-state index contributed by atoms with van der Waals surface area (Å²) < 4.78 is 5.21. The summed E-state index contributed by atoms with van der Waals surface area (Å²) in [5.74, 6) is -1.02. The number of imide groups is 1. The van der Waals surface area contributed by atoms with Crippen LogP contribution in [0.25, 0.3) is 0 Å². The van der Waals surface area contributed by atoms with Gasteiger partial charge in [-0.25, -0.2) is 4.79 Å². The van der Waals surface area contributed by atoms with Crippen molar-refractivity contribution in [1.29, 1.82) is 5.26 Å². The number of nitrogens with zero attached hydrogens (tertiary/aromatic N) is 2. The number of esters is 1. The Bertz CT molecular complexity index is 900. The first-order chi connectivity index (χ1) is 12.0. The lowest BCUT2D eigenvalue weighted by atomic mass is 10.2. The molecule has 3 rings (SSSR count). The molecule has 1 fully saturated rings. The summed E-state index contributed by atoms with van der Waals surface area (Å²) in [5.41, 5.74) is 1.01. The van der Waals surface area contributed by atoms with E-state index in [4.69, 9.17) is 21.6 Å². The molecule has 0 aromatic heterocycles. The normalized spacial score (nSPS) is 13.7. The molecule has 1 saturated heterocycles. The minimum absolute atomic E-state index is 0.139. The van der Waals surface area contributed by atoms with Crippen molar-refractivity contribution in [2.45, 2.75) is 12.8 Å². The smallest absolute Gasteiger partial charge is 0.343 e. The van der Waals surface area contributed by atoms with E-state index in [-0.39, 0.29) is 41.0 Å². The van der Waals surface area contributed by atoms with Crippen LogP contribution in [-0.2, 0) is 9.59 Å². The Balaban J connectivity index is 1.76. The van der Waals surface area contributed by atoms with E-state index in [1.807, 2.05) is 6.07 Å². The number of hydrogen-bond acceptors (Lipinski definition) is 5. The van der Waals surface area contributed by atoms with Crippen LogP contribution in [0.2, 0.25) is 5.02 Å². The number of ether oxygens (including phenoxy) is 1. The predicted octanol–water partition coefficient (Wildman–Crippen LogP) is 3.08. The zero-order chi connectivity index (χ0) is 18.0. The summed E-state index contributed by atoms with van der Waals surface area (Å²) in [5, 5.41) is 8.95. The molecule has 2 amide bonds. The van der Waals surface area contributed by atoms with E-state index in [9.17, 15) is 14.4 Å². The van der Waals surface area contributed by atoms with Gasteiger partial charge in [-0.1, -0.05) is 11.6 Å². The maximum atomic E-state index is 12.2. The highest BCUT2D eigenvalue weighted by molar-refractivity contribution is 6.32. The predicted molar refractivity (Wildman–Crippen MR) is 89.3 cm³/mol. The second-order valence-electron chi connectivity index (χ2n) is 5.32. The van der Waals surface area contributed by atoms with Crippen LogP contribution in [0.1, 0.15) is 28.8 Å². The van der Waals surface area contributed by atoms with Crippen molar-refractivity contribution in [2.75, 3.05) is 4.90 Å². The third-order valence-electron chi connectivity index (χ3n) is 3.68. The van der Waals surface area contributed by atoms with Gasteiger partial charge in [0.25, 0.3) is 0 Å². The standard InChI is InChI=1S/C18H11ClN2O4/c19-14-9-11(10-20)1-6-15(14)25-18(24)12-2-4-13(5-3-12)21-16(22)7-8-17(21)23/h1-6,9H,7-8H2. The molecule has 7 heteroatoms. The van der Waals surface area contributed by atoms with Crippen molar-refractivity contribution >= 4 is 35.1 Å².